The Balaban J connectivity index is 1.02. The molecule has 2 atom stereocenters. The molecule has 0 radical (unpaired) electrons. The molecule has 0 spiro atoms. The Morgan fingerprint density at radius 1 is 1.15 bits per heavy atom. The molecule has 206 valence electrons. The van der Waals surface area contributed by atoms with E-state index < -0.39 is 12.3 Å². The number of alkyl halides is 1. The summed E-state index contributed by atoms with van der Waals surface area (Å²) in [6, 6.07) is 8.29. The van der Waals surface area contributed by atoms with Gasteiger partial charge in [0.25, 0.3) is 5.78 Å². The number of aromatic nitrogens is 5. The summed E-state index contributed by atoms with van der Waals surface area (Å²) < 4.78 is 41.1. The standard InChI is InChI=1S/C25H30F2N10O2/c1-34(24-31-23(28)37-25(32-24)30-22(33-37)20-3-2-12-38-20)6-7-35-8-10-36(11-9-35)19-5-4-16(13-17(19)26)39-21-15-29-14-18(21)27/h2-5,12-13,18,21,29H,6-11,14-15H2,1H3,(H2,28,30,31,32,33)/t18-,21+/m1/s1. The van der Waals surface area contributed by atoms with Gasteiger partial charge in [0, 0.05) is 65.5 Å². The molecule has 2 fully saturated rings. The average Bonchev–Trinajstić information content (AvgIpc) is 3.70. The quantitative estimate of drug-likeness (QED) is 0.337. The molecule has 14 heteroatoms. The summed E-state index contributed by atoms with van der Waals surface area (Å²) in [4.78, 5) is 19.6. The van der Waals surface area contributed by atoms with Crippen LogP contribution in [0.4, 0.5) is 26.4 Å². The van der Waals surface area contributed by atoms with Crippen molar-refractivity contribution in [2.45, 2.75) is 12.3 Å². The lowest BCUT2D eigenvalue weighted by atomic mass is 10.2. The number of furan rings is 1. The number of anilines is 3. The van der Waals surface area contributed by atoms with Gasteiger partial charge >= 0.3 is 0 Å². The van der Waals surface area contributed by atoms with E-state index >= 15 is 0 Å². The third-order valence-corrected chi connectivity index (χ3v) is 7.06. The predicted octanol–water partition coefficient (Wildman–Crippen LogP) is 1.45. The zero-order valence-corrected chi connectivity index (χ0v) is 21.5. The largest absolute Gasteiger partial charge is 0.486 e. The molecule has 1 aromatic carbocycles. The number of nitrogens with two attached hydrogens (primary N) is 1. The molecule has 4 aromatic rings. The minimum Gasteiger partial charge on any atom is -0.486 e. The van der Waals surface area contributed by atoms with E-state index in [1.165, 1.54) is 10.6 Å². The second-order valence-electron chi connectivity index (χ2n) is 9.70. The summed E-state index contributed by atoms with van der Waals surface area (Å²) >= 11 is 0. The highest BCUT2D eigenvalue weighted by Gasteiger charge is 2.29. The molecule has 39 heavy (non-hydrogen) atoms. The second-order valence-corrected chi connectivity index (χ2v) is 9.70. The van der Waals surface area contributed by atoms with Crippen molar-refractivity contribution in [3.63, 3.8) is 0 Å². The van der Waals surface area contributed by atoms with Crippen LogP contribution in [0.2, 0.25) is 0 Å². The SMILES string of the molecule is CN(CCN1CCN(c2ccc(O[C@H]3CNC[C@H]3F)cc2F)CC1)c1nc(N)n2nc(-c3ccco3)nc2n1. The molecule has 5 heterocycles. The van der Waals surface area contributed by atoms with E-state index in [-0.39, 0.29) is 18.3 Å². The van der Waals surface area contributed by atoms with Crippen molar-refractivity contribution in [2.24, 2.45) is 0 Å². The van der Waals surface area contributed by atoms with Crippen molar-refractivity contribution in [1.82, 2.24) is 34.8 Å². The van der Waals surface area contributed by atoms with Gasteiger partial charge in [-0.3, -0.25) is 4.90 Å². The van der Waals surface area contributed by atoms with Gasteiger partial charge in [0.1, 0.15) is 17.7 Å². The number of piperazine rings is 1. The fourth-order valence-corrected chi connectivity index (χ4v) is 4.81. The van der Waals surface area contributed by atoms with Gasteiger partial charge in [-0.1, -0.05) is 0 Å². The number of rotatable bonds is 8. The smallest absolute Gasteiger partial charge is 0.259 e. The molecule has 12 nitrogen and oxygen atoms in total. The van der Waals surface area contributed by atoms with Crippen LogP contribution in [0.25, 0.3) is 17.4 Å². The molecule has 3 N–H and O–H groups in total. The first-order valence-corrected chi connectivity index (χ1v) is 12.9. The van der Waals surface area contributed by atoms with E-state index in [1.54, 1.807) is 30.5 Å². The monoisotopic (exact) mass is 540 g/mol. The lowest BCUT2D eigenvalue weighted by Gasteiger charge is -2.36. The molecule has 2 aliphatic heterocycles. The molecule has 0 aliphatic carbocycles. The third kappa shape index (κ3) is 5.29. The van der Waals surface area contributed by atoms with Gasteiger partial charge in [-0.25, -0.2) is 8.78 Å². The minimum atomic E-state index is -1.09. The summed E-state index contributed by atoms with van der Waals surface area (Å²) in [5, 5.41) is 7.26. The van der Waals surface area contributed by atoms with Crippen molar-refractivity contribution in [3.05, 3.63) is 42.4 Å². The van der Waals surface area contributed by atoms with E-state index in [0.29, 0.717) is 60.9 Å². The van der Waals surface area contributed by atoms with Crippen LogP contribution < -0.4 is 25.6 Å². The maximum atomic E-state index is 14.9. The molecule has 0 unspecified atom stereocenters. The highest BCUT2D eigenvalue weighted by Crippen LogP contribution is 2.27. The van der Waals surface area contributed by atoms with Crippen LogP contribution in [-0.4, -0.2) is 101 Å². The Bertz CT molecular complexity index is 1420. The molecule has 0 bridgehead atoms. The van der Waals surface area contributed by atoms with E-state index in [4.69, 9.17) is 14.9 Å². The summed E-state index contributed by atoms with van der Waals surface area (Å²) in [6.45, 7) is 5.05. The first-order valence-electron chi connectivity index (χ1n) is 12.9. The lowest BCUT2D eigenvalue weighted by Crippen LogP contribution is -2.48. The van der Waals surface area contributed by atoms with Crippen LogP contribution in [0.15, 0.2) is 41.0 Å². The molecule has 2 saturated heterocycles. The first-order chi connectivity index (χ1) is 18.9. The molecular formula is C25H30F2N10O2. The maximum Gasteiger partial charge on any atom is 0.259 e. The number of hydrogen-bond acceptors (Lipinski definition) is 11. The Kier molecular flexibility index (Phi) is 6.87. The van der Waals surface area contributed by atoms with Gasteiger partial charge in [0.05, 0.1) is 12.0 Å². The fourth-order valence-electron chi connectivity index (χ4n) is 4.81. The van der Waals surface area contributed by atoms with Gasteiger partial charge in [0.15, 0.2) is 11.9 Å². The van der Waals surface area contributed by atoms with Crippen LogP contribution in [0.3, 0.4) is 0 Å². The van der Waals surface area contributed by atoms with Crippen LogP contribution in [0.1, 0.15) is 0 Å². The number of benzene rings is 1. The summed E-state index contributed by atoms with van der Waals surface area (Å²) in [5.74, 6) is 1.87. The minimum absolute atomic E-state index is 0.184. The van der Waals surface area contributed by atoms with Gasteiger partial charge in [-0.2, -0.15) is 19.5 Å². The van der Waals surface area contributed by atoms with Crippen LogP contribution in [0.5, 0.6) is 5.75 Å². The van der Waals surface area contributed by atoms with Gasteiger partial charge in [0.2, 0.25) is 17.7 Å². The van der Waals surface area contributed by atoms with E-state index in [2.05, 4.69) is 30.3 Å². The van der Waals surface area contributed by atoms with Crippen LogP contribution >= 0.6 is 0 Å². The Labute approximate surface area is 223 Å². The molecule has 0 saturated carbocycles. The number of likely N-dealkylation sites (N-methyl/N-ethyl adjacent to an activating group) is 1. The Morgan fingerprint density at radius 3 is 2.72 bits per heavy atom. The number of nitrogen functional groups attached to an aromatic ring is 1. The zero-order valence-electron chi connectivity index (χ0n) is 21.5. The number of nitrogens with one attached hydrogen (secondary N) is 1. The Morgan fingerprint density at radius 2 is 2.00 bits per heavy atom. The third-order valence-electron chi connectivity index (χ3n) is 7.06. The lowest BCUT2D eigenvalue weighted by molar-refractivity contribution is 0.139. The highest BCUT2D eigenvalue weighted by molar-refractivity contribution is 5.53. The van der Waals surface area contributed by atoms with Gasteiger partial charge in [-0.15, -0.1) is 5.10 Å². The predicted molar refractivity (Wildman–Crippen MR) is 141 cm³/mol. The van der Waals surface area contributed by atoms with Crippen LogP contribution in [-0.2, 0) is 0 Å². The topological polar surface area (TPSA) is 126 Å². The molecule has 3 aromatic heterocycles. The molecular weight excluding hydrogens is 510 g/mol. The van der Waals surface area contributed by atoms with E-state index in [9.17, 15) is 8.78 Å². The number of halogens is 2. The molecule has 0 amide bonds. The van der Waals surface area contributed by atoms with E-state index in [1.807, 2.05) is 16.8 Å². The average molecular weight is 541 g/mol. The van der Waals surface area contributed by atoms with Crippen LogP contribution in [0, 0.1) is 5.82 Å². The van der Waals surface area contributed by atoms with Crippen molar-refractivity contribution < 1.29 is 17.9 Å². The van der Waals surface area contributed by atoms with Gasteiger partial charge in [-0.05, 0) is 24.3 Å². The highest BCUT2D eigenvalue weighted by atomic mass is 19.1. The van der Waals surface area contributed by atoms with Crippen molar-refractivity contribution in [1.29, 1.82) is 0 Å². The van der Waals surface area contributed by atoms with Crippen molar-refractivity contribution in [2.75, 3.05) is 74.9 Å². The number of hydrogen-bond donors (Lipinski definition) is 2. The molecule has 6 rings (SSSR count). The number of nitrogens with zero attached hydrogens (tertiary/aromatic N) is 8. The summed E-state index contributed by atoms with van der Waals surface area (Å²) in [6.07, 6.45) is -0.124. The number of fused-ring (bicyclic) bond motifs is 1. The van der Waals surface area contributed by atoms with Crippen molar-refractivity contribution >= 4 is 23.4 Å². The van der Waals surface area contributed by atoms with Crippen molar-refractivity contribution in [3.8, 4) is 17.3 Å². The zero-order chi connectivity index (χ0) is 26.9. The molecule has 2 aliphatic rings. The second kappa shape index (κ2) is 10.6. The number of ether oxygens (including phenoxy) is 1. The normalized spacial score (nSPS) is 20.1. The Hall–Kier alpha value is -4.04. The summed E-state index contributed by atoms with van der Waals surface area (Å²) in [7, 11) is 1.90. The van der Waals surface area contributed by atoms with Gasteiger partial charge < -0.3 is 30.0 Å². The maximum absolute atomic E-state index is 14.9. The fraction of sp³-hybridized carbons (Fsp3) is 0.440. The van der Waals surface area contributed by atoms with E-state index in [0.717, 1.165) is 19.6 Å². The summed E-state index contributed by atoms with van der Waals surface area (Å²) in [5.41, 5.74) is 6.65. The first kappa shape index (κ1) is 25.2.